The summed E-state index contributed by atoms with van der Waals surface area (Å²) in [6.07, 6.45) is 0.782. The minimum Gasteiger partial charge on any atom is -0.452 e. The van der Waals surface area contributed by atoms with Crippen molar-refractivity contribution in [3.63, 3.8) is 0 Å². The van der Waals surface area contributed by atoms with Gasteiger partial charge in [-0.1, -0.05) is 18.2 Å². The number of aromatic nitrogens is 2. The Hall–Kier alpha value is -3.48. The van der Waals surface area contributed by atoms with Crippen molar-refractivity contribution >= 4 is 28.6 Å². The van der Waals surface area contributed by atoms with Crippen molar-refractivity contribution in [3.05, 3.63) is 69.6 Å². The molecule has 0 radical (unpaired) electrons. The van der Waals surface area contributed by atoms with Gasteiger partial charge in [0.05, 0.1) is 16.6 Å². The smallest absolute Gasteiger partial charge is 0.338 e. The van der Waals surface area contributed by atoms with Crippen molar-refractivity contribution in [1.82, 2.24) is 9.55 Å². The molecule has 7 heteroatoms. The first kappa shape index (κ1) is 19.8. The number of benzene rings is 2. The normalized spacial score (nSPS) is 15.3. The van der Waals surface area contributed by atoms with Crippen molar-refractivity contribution in [2.24, 2.45) is 0 Å². The van der Waals surface area contributed by atoms with E-state index in [0.717, 1.165) is 17.7 Å². The fourth-order valence-electron chi connectivity index (χ4n) is 4.04. The van der Waals surface area contributed by atoms with Crippen LogP contribution in [0.3, 0.4) is 0 Å². The fourth-order valence-corrected chi connectivity index (χ4v) is 4.04. The van der Waals surface area contributed by atoms with Crippen molar-refractivity contribution in [1.29, 1.82) is 0 Å². The first-order valence-corrected chi connectivity index (χ1v) is 9.99. The molecular formula is C23H23N3O4. The molecule has 4 rings (SSSR count). The van der Waals surface area contributed by atoms with Crippen LogP contribution in [0.1, 0.15) is 35.5 Å². The van der Waals surface area contributed by atoms with Crippen LogP contribution in [-0.4, -0.2) is 34.1 Å². The second kappa shape index (κ2) is 7.74. The van der Waals surface area contributed by atoms with Crippen LogP contribution in [-0.2, 0) is 22.5 Å². The number of para-hydroxylation sites is 1. The van der Waals surface area contributed by atoms with Crippen molar-refractivity contribution in [3.8, 4) is 0 Å². The van der Waals surface area contributed by atoms with E-state index < -0.39 is 5.97 Å². The van der Waals surface area contributed by atoms with Crippen LogP contribution >= 0.6 is 0 Å². The highest BCUT2D eigenvalue weighted by molar-refractivity contribution is 5.99. The summed E-state index contributed by atoms with van der Waals surface area (Å²) in [6, 6.07) is 12.6. The largest absolute Gasteiger partial charge is 0.452 e. The molecule has 2 aromatic carbocycles. The van der Waals surface area contributed by atoms with E-state index >= 15 is 0 Å². The lowest BCUT2D eigenvalue weighted by molar-refractivity contribution is -0.122. The molecule has 0 N–H and O–H groups in total. The predicted octanol–water partition coefficient (Wildman–Crippen LogP) is 2.86. The van der Waals surface area contributed by atoms with Crippen molar-refractivity contribution < 1.29 is 14.3 Å². The number of hydrogen-bond donors (Lipinski definition) is 0. The van der Waals surface area contributed by atoms with Gasteiger partial charge in [-0.2, -0.15) is 0 Å². The molecular weight excluding hydrogens is 382 g/mol. The van der Waals surface area contributed by atoms with Gasteiger partial charge in [-0.05, 0) is 57.0 Å². The lowest BCUT2D eigenvalue weighted by Crippen LogP contribution is -2.38. The van der Waals surface area contributed by atoms with E-state index in [1.807, 2.05) is 38.1 Å². The molecule has 0 saturated carbocycles. The van der Waals surface area contributed by atoms with Gasteiger partial charge in [0.2, 0.25) is 0 Å². The van der Waals surface area contributed by atoms with Crippen molar-refractivity contribution in [2.75, 3.05) is 11.5 Å². The molecule has 3 aromatic rings. The zero-order valence-corrected chi connectivity index (χ0v) is 17.2. The highest BCUT2D eigenvalue weighted by Gasteiger charge is 2.31. The second-order valence-electron chi connectivity index (χ2n) is 7.47. The third kappa shape index (κ3) is 3.36. The third-order valence-electron chi connectivity index (χ3n) is 5.46. The Bertz CT molecular complexity index is 1210. The standard InChI is InChI=1S/C23H23N3O4/c1-4-25-20-10-9-17(12-18(20)24-15(3)22(25)28)23(29)30-13-21(27)26-14(2)11-16-7-5-6-8-19(16)26/h5-10,12,14H,4,11,13H2,1-3H3/t14-/m0/s1. The highest BCUT2D eigenvalue weighted by atomic mass is 16.5. The summed E-state index contributed by atoms with van der Waals surface area (Å²) >= 11 is 0. The number of hydrogen-bond acceptors (Lipinski definition) is 5. The lowest BCUT2D eigenvalue weighted by Gasteiger charge is -2.22. The molecule has 0 saturated heterocycles. The Kier molecular flexibility index (Phi) is 5.11. The molecule has 0 spiro atoms. The van der Waals surface area contributed by atoms with E-state index in [9.17, 15) is 14.4 Å². The van der Waals surface area contributed by atoms with Gasteiger partial charge >= 0.3 is 5.97 Å². The average Bonchev–Trinajstić information content (AvgIpc) is 3.08. The first-order valence-electron chi connectivity index (χ1n) is 9.99. The van der Waals surface area contributed by atoms with E-state index in [2.05, 4.69) is 4.98 Å². The summed E-state index contributed by atoms with van der Waals surface area (Å²) in [6.45, 7) is 5.67. The van der Waals surface area contributed by atoms with E-state index in [0.29, 0.717) is 28.8 Å². The van der Waals surface area contributed by atoms with E-state index in [4.69, 9.17) is 4.74 Å². The quantitative estimate of drug-likeness (QED) is 0.624. The van der Waals surface area contributed by atoms with Gasteiger partial charge in [0.25, 0.3) is 11.5 Å². The Labute approximate surface area is 173 Å². The number of rotatable bonds is 4. The molecule has 1 aromatic heterocycles. The Balaban J connectivity index is 1.52. The van der Waals surface area contributed by atoms with Crippen LogP contribution in [0.15, 0.2) is 47.3 Å². The van der Waals surface area contributed by atoms with Gasteiger partial charge in [0, 0.05) is 18.3 Å². The number of fused-ring (bicyclic) bond motifs is 2. The van der Waals surface area contributed by atoms with E-state index in [1.54, 1.807) is 34.6 Å². The summed E-state index contributed by atoms with van der Waals surface area (Å²) in [7, 11) is 0. The zero-order chi connectivity index (χ0) is 21.4. The Morgan fingerprint density at radius 1 is 1.20 bits per heavy atom. The molecule has 0 aliphatic carbocycles. The van der Waals surface area contributed by atoms with Gasteiger partial charge < -0.3 is 14.2 Å². The van der Waals surface area contributed by atoms with E-state index in [1.165, 1.54) is 0 Å². The molecule has 0 fully saturated rings. The third-order valence-corrected chi connectivity index (χ3v) is 5.46. The maximum Gasteiger partial charge on any atom is 0.338 e. The van der Waals surface area contributed by atoms with Crippen molar-refractivity contribution in [2.45, 2.75) is 39.8 Å². The number of anilines is 1. The summed E-state index contributed by atoms with van der Waals surface area (Å²) in [5, 5.41) is 0. The van der Waals surface area contributed by atoms with Crippen LogP contribution < -0.4 is 10.5 Å². The minimum absolute atomic E-state index is 0.0206. The van der Waals surface area contributed by atoms with Gasteiger partial charge in [0.1, 0.15) is 5.69 Å². The Morgan fingerprint density at radius 3 is 2.73 bits per heavy atom. The summed E-state index contributed by atoms with van der Waals surface area (Å²) < 4.78 is 6.91. The van der Waals surface area contributed by atoms with E-state index in [-0.39, 0.29) is 24.1 Å². The predicted molar refractivity (Wildman–Crippen MR) is 114 cm³/mol. The van der Waals surface area contributed by atoms with Gasteiger partial charge in [-0.15, -0.1) is 0 Å². The molecule has 1 amide bonds. The molecule has 1 aliphatic heterocycles. The fraction of sp³-hybridized carbons (Fsp3) is 0.304. The molecule has 154 valence electrons. The number of carbonyl (C=O) groups excluding carboxylic acids is 2. The minimum atomic E-state index is -0.598. The maximum atomic E-state index is 12.7. The average molecular weight is 405 g/mol. The number of esters is 1. The second-order valence-corrected chi connectivity index (χ2v) is 7.47. The number of nitrogens with zero attached hydrogens (tertiary/aromatic N) is 3. The van der Waals surface area contributed by atoms with Gasteiger partial charge in [0.15, 0.2) is 6.61 Å². The molecule has 0 unspecified atom stereocenters. The molecule has 30 heavy (non-hydrogen) atoms. The van der Waals surface area contributed by atoms with Crippen LogP contribution in [0.5, 0.6) is 0 Å². The maximum absolute atomic E-state index is 12.7. The monoisotopic (exact) mass is 405 g/mol. The first-order chi connectivity index (χ1) is 14.4. The Morgan fingerprint density at radius 2 is 1.97 bits per heavy atom. The summed E-state index contributed by atoms with van der Waals surface area (Å²) in [5.74, 6) is -0.852. The van der Waals surface area contributed by atoms with Crippen LogP contribution in [0.4, 0.5) is 5.69 Å². The molecule has 1 aliphatic rings. The zero-order valence-electron chi connectivity index (χ0n) is 17.2. The number of ether oxygens (including phenoxy) is 1. The SMILES string of the molecule is CCn1c(=O)c(C)nc2cc(C(=O)OCC(=O)N3c4ccccc4C[C@@H]3C)ccc21. The number of carbonyl (C=O) groups is 2. The number of amides is 1. The van der Waals surface area contributed by atoms with Crippen LogP contribution in [0.2, 0.25) is 0 Å². The lowest BCUT2D eigenvalue weighted by atomic mass is 10.1. The highest BCUT2D eigenvalue weighted by Crippen LogP contribution is 2.31. The molecule has 1 atom stereocenters. The molecule has 2 heterocycles. The van der Waals surface area contributed by atoms with Gasteiger partial charge in [-0.25, -0.2) is 9.78 Å². The number of aryl methyl sites for hydroxylation is 2. The molecule has 7 nitrogen and oxygen atoms in total. The van der Waals surface area contributed by atoms with Crippen LogP contribution in [0.25, 0.3) is 11.0 Å². The van der Waals surface area contributed by atoms with Gasteiger partial charge in [-0.3, -0.25) is 9.59 Å². The summed E-state index contributed by atoms with van der Waals surface area (Å²) in [5.41, 5.74) is 3.69. The summed E-state index contributed by atoms with van der Waals surface area (Å²) in [4.78, 5) is 43.5. The molecule has 0 bridgehead atoms. The topological polar surface area (TPSA) is 81.5 Å². The van der Waals surface area contributed by atoms with Crippen LogP contribution in [0, 0.1) is 6.92 Å².